The second kappa shape index (κ2) is 6.60. The van der Waals surface area contributed by atoms with E-state index in [0.717, 1.165) is 0 Å². The summed E-state index contributed by atoms with van der Waals surface area (Å²) in [6.45, 7) is 3.99. The van der Waals surface area contributed by atoms with Gasteiger partial charge in [0.1, 0.15) is 0 Å². The van der Waals surface area contributed by atoms with E-state index in [2.05, 4.69) is 91.5 Å². The van der Waals surface area contributed by atoms with Crippen LogP contribution in [0.5, 0.6) is 0 Å². The van der Waals surface area contributed by atoms with Crippen molar-refractivity contribution in [3.63, 3.8) is 0 Å². The molecule has 0 atom stereocenters. The van der Waals surface area contributed by atoms with Crippen LogP contribution in [0.1, 0.15) is 5.56 Å². The van der Waals surface area contributed by atoms with Crippen molar-refractivity contribution >= 4 is 33.6 Å². The van der Waals surface area contributed by atoms with Gasteiger partial charge in [-0.1, -0.05) is 0 Å². The van der Waals surface area contributed by atoms with E-state index in [1.807, 2.05) is 6.08 Å². The number of hydrogen-bond donors (Lipinski definition) is 0. The zero-order chi connectivity index (χ0) is 14.5. The van der Waals surface area contributed by atoms with Gasteiger partial charge in [-0.25, -0.2) is 0 Å². The van der Waals surface area contributed by atoms with Gasteiger partial charge >= 0.3 is 131 Å². The molecular weight excluding hydrogens is 313 g/mol. The van der Waals surface area contributed by atoms with E-state index >= 15 is 0 Å². The van der Waals surface area contributed by atoms with Crippen LogP contribution < -0.4 is 13.2 Å². The third-order valence-corrected chi connectivity index (χ3v) is 9.48. The third kappa shape index (κ3) is 3.01. The average molecular weight is 330 g/mol. The standard InChI is InChI=1S/C20H17Ge/c1-2-17-11-9-10-16-20(17)21(18-12-5-3-6-13-18)19-14-7-4-8-15-19/h2-16H,1H2. The molecule has 101 valence electrons. The van der Waals surface area contributed by atoms with Crippen LogP contribution >= 0.6 is 0 Å². The third-order valence-electron chi connectivity index (χ3n) is 3.57. The predicted molar refractivity (Wildman–Crippen MR) is 94.1 cm³/mol. The van der Waals surface area contributed by atoms with Crippen LogP contribution in [0.3, 0.4) is 0 Å². The Morgan fingerprint density at radius 1 is 0.619 bits per heavy atom. The molecule has 0 saturated heterocycles. The van der Waals surface area contributed by atoms with E-state index in [4.69, 9.17) is 0 Å². The fourth-order valence-corrected chi connectivity index (χ4v) is 8.35. The van der Waals surface area contributed by atoms with Gasteiger partial charge in [-0.05, 0) is 0 Å². The van der Waals surface area contributed by atoms with Gasteiger partial charge in [0.2, 0.25) is 0 Å². The Labute approximate surface area is 130 Å². The summed E-state index contributed by atoms with van der Waals surface area (Å²) in [7, 11) is 0. The summed E-state index contributed by atoms with van der Waals surface area (Å²) in [6, 6.07) is 30.5. The fraction of sp³-hybridized carbons (Fsp3) is 0. The van der Waals surface area contributed by atoms with Gasteiger partial charge in [0.15, 0.2) is 0 Å². The van der Waals surface area contributed by atoms with Crippen LogP contribution in [0.15, 0.2) is 91.5 Å². The summed E-state index contributed by atoms with van der Waals surface area (Å²) < 4.78 is 4.40. The van der Waals surface area contributed by atoms with Crippen molar-refractivity contribution in [2.75, 3.05) is 0 Å². The van der Waals surface area contributed by atoms with E-state index in [1.165, 1.54) is 18.8 Å². The van der Waals surface area contributed by atoms with Crippen LogP contribution in [0, 0.1) is 0 Å². The molecule has 0 fully saturated rings. The van der Waals surface area contributed by atoms with Crippen molar-refractivity contribution in [1.29, 1.82) is 0 Å². The zero-order valence-corrected chi connectivity index (χ0v) is 14.0. The number of benzene rings is 3. The quantitative estimate of drug-likeness (QED) is 0.646. The number of hydrogen-bond acceptors (Lipinski definition) is 0. The van der Waals surface area contributed by atoms with Crippen LogP contribution in [-0.2, 0) is 0 Å². The predicted octanol–water partition coefficient (Wildman–Crippen LogP) is 2.85. The first-order valence-corrected chi connectivity index (χ1v) is 10.2. The van der Waals surface area contributed by atoms with Gasteiger partial charge in [0, 0.05) is 0 Å². The second-order valence-electron chi connectivity index (χ2n) is 4.90. The van der Waals surface area contributed by atoms with Crippen molar-refractivity contribution in [3.05, 3.63) is 97.1 Å². The molecule has 3 aromatic carbocycles. The molecule has 0 unspecified atom stereocenters. The molecule has 0 aliphatic carbocycles. The van der Waals surface area contributed by atoms with Gasteiger partial charge in [-0.3, -0.25) is 0 Å². The number of rotatable bonds is 4. The molecule has 0 aromatic heterocycles. The molecule has 0 N–H and O–H groups in total. The molecule has 0 nitrogen and oxygen atoms in total. The molecule has 0 heterocycles. The van der Waals surface area contributed by atoms with Crippen LogP contribution in [0.4, 0.5) is 0 Å². The second-order valence-corrected chi connectivity index (χ2v) is 10.0. The van der Waals surface area contributed by atoms with Crippen molar-refractivity contribution in [2.45, 2.75) is 0 Å². The van der Waals surface area contributed by atoms with Gasteiger partial charge in [0.05, 0.1) is 0 Å². The Hall–Kier alpha value is -2.06. The average Bonchev–Trinajstić information content (AvgIpc) is 2.58. The minimum atomic E-state index is -1.77. The van der Waals surface area contributed by atoms with Crippen molar-refractivity contribution in [1.82, 2.24) is 0 Å². The molecule has 1 heteroatoms. The summed E-state index contributed by atoms with van der Waals surface area (Å²) in [5.41, 5.74) is 1.26. The molecule has 3 rings (SSSR count). The Morgan fingerprint density at radius 2 is 1.10 bits per heavy atom. The molecule has 0 amide bonds. The first-order chi connectivity index (χ1) is 10.4. The summed E-state index contributed by atoms with van der Waals surface area (Å²) >= 11 is -1.77. The molecule has 1 radical (unpaired) electrons. The van der Waals surface area contributed by atoms with Crippen LogP contribution in [0.25, 0.3) is 6.08 Å². The summed E-state index contributed by atoms with van der Waals surface area (Å²) in [5.74, 6) is 0. The van der Waals surface area contributed by atoms with E-state index < -0.39 is 14.3 Å². The molecule has 0 aliphatic rings. The van der Waals surface area contributed by atoms with Gasteiger partial charge < -0.3 is 0 Å². The van der Waals surface area contributed by atoms with E-state index in [-0.39, 0.29) is 0 Å². The first kappa shape index (κ1) is 13.9. The Kier molecular flexibility index (Phi) is 4.37. The van der Waals surface area contributed by atoms with Crippen LogP contribution in [0.2, 0.25) is 0 Å². The monoisotopic (exact) mass is 331 g/mol. The van der Waals surface area contributed by atoms with Crippen molar-refractivity contribution < 1.29 is 0 Å². The molecule has 3 aromatic rings. The Bertz CT molecular complexity index is 678. The summed E-state index contributed by atoms with van der Waals surface area (Å²) in [6.07, 6.45) is 1.98. The zero-order valence-electron chi connectivity index (χ0n) is 11.9. The van der Waals surface area contributed by atoms with E-state index in [9.17, 15) is 0 Å². The SMILES string of the molecule is C=Cc1cccc[c]1[Ge]([c]1ccccc1)[c]1ccccc1. The van der Waals surface area contributed by atoms with Gasteiger partial charge in [0.25, 0.3) is 0 Å². The molecular formula is C20H17Ge. The van der Waals surface area contributed by atoms with Gasteiger partial charge in [-0.15, -0.1) is 0 Å². The minimum absolute atomic E-state index is 1.26. The maximum absolute atomic E-state index is 3.99. The molecule has 0 spiro atoms. The Balaban J connectivity index is 2.20. The van der Waals surface area contributed by atoms with E-state index in [1.54, 1.807) is 0 Å². The van der Waals surface area contributed by atoms with Gasteiger partial charge in [-0.2, -0.15) is 0 Å². The normalized spacial score (nSPS) is 10.5. The summed E-state index contributed by atoms with van der Waals surface area (Å²) in [5, 5.41) is 0. The summed E-state index contributed by atoms with van der Waals surface area (Å²) in [4.78, 5) is 0. The van der Waals surface area contributed by atoms with E-state index in [0.29, 0.717) is 0 Å². The molecule has 21 heavy (non-hydrogen) atoms. The Morgan fingerprint density at radius 3 is 1.62 bits per heavy atom. The van der Waals surface area contributed by atoms with Crippen molar-refractivity contribution in [3.8, 4) is 0 Å². The van der Waals surface area contributed by atoms with Crippen LogP contribution in [-0.4, -0.2) is 14.3 Å². The maximum atomic E-state index is 3.99. The first-order valence-electron chi connectivity index (χ1n) is 7.10. The molecule has 0 bridgehead atoms. The molecule has 0 saturated carbocycles. The molecule has 0 aliphatic heterocycles. The van der Waals surface area contributed by atoms with Crippen molar-refractivity contribution in [2.24, 2.45) is 0 Å². The fourth-order valence-electron chi connectivity index (χ4n) is 2.59. The topological polar surface area (TPSA) is 0 Å².